The molecule has 0 aliphatic carbocycles. The van der Waals surface area contributed by atoms with Gasteiger partial charge in [0.25, 0.3) is 0 Å². The van der Waals surface area contributed by atoms with Gasteiger partial charge in [0.05, 0.1) is 39.6 Å². The molecule has 0 unspecified atom stereocenters. The first kappa shape index (κ1) is 116. The molecule has 1 radical (unpaired) electrons. The number of hydrogen-bond acceptors (Lipinski definition) is 11. The molecule has 0 aliphatic heterocycles. The summed E-state index contributed by atoms with van der Waals surface area (Å²) in [6.07, 6.45) is 110. The van der Waals surface area contributed by atoms with Gasteiger partial charge < -0.3 is 39.1 Å². The molecule has 1 aromatic heterocycles. The molecule has 3 aromatic carbocycles. The molecule has 0 fully saturated rings. The number of aromatic nitrogens is 3. The highest BCUT2D eigenvalue weighted by Crippen LogP contribution is 2.44. The normalized spacial score (nSPS) is 11.5. The van der Waals surface area contributed by atoms with E-state index in [-0.39, 0.29) is 0 Å². The lowest BCUT2D eigenvalue weighted by Crippen LogP contribution is -2.09. The molecule has 0 saturated carbocycles. The van der Waals surface area contributed by atoms with Gasteiger partial charge in [-0.15, -0.1) is 0 Å². The van der Waals surface area contributed by atoms with Crippen molar-refractivity contribution < 1.29 is 28.4 Å². The van der Waals surface area contributed by atoms with Crippen LogP contribution in [-0.2, 0) is 0 Å². The van der Waals surface area contributed by atoms with Crippen LogP contribution in [0.2, 0.25) is 0 Å². The maximum Gasteiger partial charge on any atom is 0.232 e. The van der Waals surface area contributed by atoms with E-state index in [2.05, 4.69) is 95.5 Å². The van der Waals surface area contributed by atoms with Crippen molar-refractivity contribution >= 4 is 23.3 Å². The summed E-state index contributed by atoms with van der Waals surface area (Å²) in [7, 11) is 0. The molecule has 129 heavy (non-hydrogen) atoms. The van der Waals surface area contributed by atoms with E-state index in [0.29, 0.717) is 91.9 Å². The van der Waals surface area contributed by atoms with E-state index in [0.717, 1.165) is 99.6 Å². The molecule has 0 amide bonds. The Morgan fingerprint density at radius 2 is 0.349 bits per heavy atom. The van der Waals surface area contributed by atoms with Gasteiger partial charge in [-0.1, -0.05) is 567 Å². The van der Waals surface area contributed by atoms with E-state index in [1.807, 2.05) is 12.1 Å². The monoisotopic (exact) mass is 1790 g/mol. The fourth-order valence-corrected chi connectivity index (χ4v) is 18.4. The summed E-state index contributed by atoms with van der Waals surface area (Å²) in [5, 5.41) is 7.45. The van der Waals surface area contributed by atoms with Crippen molar-refractivity contribution in [2.75, 3.05) is 50.3 Å². The zero-order valence-electron chi connectivity index (χ0n) is 86.3. The molecule has 1 heterocycles. The van der Waals surface area contributed by atoms with Crippen LogP contribution < -0.4 is 39.1 Å². The first-order valence-corrected chi connectivity index (χ1v) is 57.3. The minimum absolute atomic E-state index is 0.393. The second-order valence-electron chi connectivity index (χ2n) is 39.5. The predicted octanol–water partition coefficient (Wildman–Crippen LogP) is 40.4. The highest BCUT2D eigenvalue weighted by atomic mass is 16.5. The van der Waals surface area contributed by atoms with Crippen LogP contribution in [0.1, 0.15) is 586 Å². The Morgan fingerprint density at radius 1 is 0.194 bits per heavy atom. The molecular weight excluding hydrogens is 1580 g/mol. The minimum Gasteiger partial charge on any atom is -0.489 e. The lowest BCUT2D eigenvalue weighted by Gasteiger charge is -2.20. The molecule has 0 bridgehead atoms. The number of nitrogens with zero attached hydrogens (tertiary/aromatic N) is 3. The second-order valence-corrected chi connectivity index (χ2v) is 39.5. The van der Waals surface area contributed by atoms with E-state index >= 15 is 0 Å². The second kappa shape index (κ2) is 89.6. The van der Waals surface area contributed by atoms with Crippen molar-refractivity contribution in [3.63, 3.8) is 0 Å². The van der Waals surface area contributed by atoms with Crippen LogP contribution >= 0.6 is 0 Å². The van der Waals surface area contributed by atoms with Crippen molar-refractivity contribution in [1.82, 2.24) is 15.0 Å². The van der Waals surface area contributed by atoms with Gasteiger partial charge in [-0.3, -0.25) is 0 Å². The predicted molar refractivity (Wildman–Crippen MR) is 564 cm³/mol. The average Bonchev–Trinajstić information content (AvgIpc) is 0.812. The third-order valence-electron chi connectivity index (χ3n) is 26.9. The number of rotatable bonds is 101. The fraction of sp³-hybridized carbons (Fsp3) is 0.814. The van der Waals surface area contributed by atoms with Crippen molar-refractivity contribution in [2.24, 2.45) is 0 Å². The molecule has 0 aliphatic rings. The summed E-state index contributed by atoms with van der Waals surface area (Å²) in [5.41, 5.74) is 3.31. The maximum atomic E-state index is 6.99. The van der Waals surface area contributed by atoms with Crippen molar-refractivity contribution in [2.45, 2.75) is 581 Å². The number of anilines is 4. The van der Waals surface area contributed by atoms with Gasteiger partial charge in [0.15, 0.2) is 28.8 Å². The van der Waals surface area contributed by atoms with Gasteiger partial charge in [0, 0.05) is 41.2 Å². The van der Waals surface area contributed by atoms with Crippen molar-refractivity contribution in [1.29, 1.82) is 0 Å². The third kappa shape index (κ3) is 67.8. The number of unbranched alkanes of at least 4 members (excludes halogenated alkanes) is 78. The van der Waals surface area contributed by atoms with Gasteiger partial charge in [-0.25, -0.2) is 0 Å². The summed E-state index contributed by atoms with van der Waals surface area (Å²) < 4.78 is 41.9. The molecule has 0 spiro atoms. The van der Waals surface area contributed by atoms with Gasteiger partial charge in [-0.2, -0.15) is 15.0 Å². The molecule has 2 N–H and O–H groups in total. The summed E-state index contributed by atoms with van der Waals surface area (Å²) in [4.78, 5) is 15.7. The topological polar surface area (TPSA) is 118 Å². The summed E-state index contributed by atoms with van der Waals surface area (Å²) in [6, 6.07) is 16.5. The van der Waals surface area contributed by atoms with E-state index in [9.17, 15) is 0 Å². The molecular formula is C118H210N5O6. The van der Waals surface area contributed by atoms with E-state index in [4.69, 9.17) is 43.4 Å². The highest BCUT2D eigenvalue weighted by molar-refractivity contribution is 5.70. The molecule has 11 heteroatoms. The Kier molecular flexibility index (Phi) is 80.8. The van der Waals surface area contributed by atoms with Crippen LogP contribution in [0.15, 0.2) is 48.5 Å². The molecule has 11 nitrogen and oxygen atoms in total. The van der Waals surface area contributed by atoms with Crippen LogP contribution in [0.3, 0.4) is 0 Å². The fourth-order valence-electron chi connectivity index (χ4n) is 18.4. The van der Waals surface area contributed by atoms with Crippen LogP contribution in [0, 0.1) is 6.92 Å². The van der Waals surface area contributed by atoms with Gasteiger partial charge in [-0.05, 0) is 51.0 Å². The Labute approximate surface area is 799 Å². The summed E-state index contributed by atoms with van der Waals surface area (Å²) in [5.74, 6) is 5.52. The standard InChI is InChI=1S/C118H210N5O6/c1-8-14-20-26-32-38-44-50-56-62-68-74-80-86-96-124-110-102-108(103-111(125-97-87-81-75-69-63-57-51-45-39-33-27-21-15-9-2)114(110)128-100-90-84-78-72-66-60-54-48-42-36-30-24-18-12-5)119-117-121-116(107-94-92-106(7)93-95-107)122-118(123-117)120-109-104-112(126-98-88-82-76-70-64-58-52-46-40-34-28-22-16-10-3)115(129-101-91-85-79-73-67-61-55-49-43-37-31-25-19-13-6)113(105-109)127-99-89-83-77-71-65-59-53-47-41-35-29-23-17-11-4/h92-95,102-105H,7-91,96-101H2,1-6H3,(H2,119,120,121,122,123). The Bertz CT molecular complexity index is 2750. The van der Waals surface area contributed by atoms with Crippen LogP contribution in [0.25, 0.3) is 11.4 Å². The lowest BCUT2D eigenvalue weighted by atomic mass is 10.0. The smallest absolute Gasteiger partial charge is 0.232 e. The zero-order valence-corrected chi connectivity index (χ0v) is 86.3. The highest BCUT2D eigenvalue weighted by Gasteiger charge is 2.22. The van der Waals surface area contributed by atoms with Gasteiger partial charge in [0.1, 0.15) is 0 Å². The third-order valence-corrected chi connectivity index (χ3v) is 26.9. The van der Waals surface area contributed by atoms with E-state index in [1.54, 1.807) is 0 Å². The molecule has 0 saturated heterocycles. The van der Waals surface area contributed by atoms with Crippen LogP contribution in [-0.4, -0.2) is 54.6 Å². The maximum absolute atomic E-state index is 6.99. The molecule has 4 aromatic rings. The molecule has 743 valence electrons. The zero-order chi connectivity index (χ0) is 91.6. The average molecular weight is 1800 g/mol. The van der Waals surface area contributed by atoms with Gasteiger partial charge in [0.2, 0.25) is 23.4 Å². The van der Waals surface area contributed by atoms with Crippen LogP contribution in [0.4, 0.5) is 23.3 Å². The SMILES string of the molecule is [CH2]c1ccc(-c2nc(Nc3cc(OCCCCCCCCCCCCCCCC)c(OCCCCCCCCCCCCCCCC)c(OCCCCCCCCCCCCCCCC)c3)nc(Nc3cc(OCCCCCCCCCCCCCCCC)c(OCCCCCCCCCCCCCCCC)c(OCCCCCCCCCCCCCCCC)c3)n2)cc1. The van der Waals surface area contributed by atoms with E-state index < -0.39 is 0 Å². The van der Waals surface area contributed by atoms with E-state index in [1.165, 1.54) is 462 Å². The Morgan fingerprint density at radius 3 is 0.519 bits per heavy atom. The summed E-state index contributed by atoms with van der Waals surface area (Å²) >= 11 is 0. The summed E-state index contributed by atoms with van der Waals surface area (Å²) in [6.45, 7) is 21.7. The largest absolute Gasteiger partial charge is 0.489 e. The van der Waals surface area contributed by atoms with Gasteiger partial charge >= 0.3 is 0 Å². The van der Waals surface area contributed by atoms with Crippen molar-refractivity contribution in [3.8, 4) is 45.9 Å². The minimum atomic E-state index is 0.393. The molecule has 4 rings (SSSR count). The van der Waals surface area contributed by atoms with Crippen molar-refractivity contribution in [3.05, 3.63) is 61.0 Å². The molecule has 0 atom stereocenters. The Balaban J connectivity index is 1.69. The number of hydrogen-bond donors (Lipinski definition) is 2. The first-order valence-electron chi connectivity index (χ1n) is 57.3. The Hall–Kier alpha value is -4.93. The lowest BCUT2D eigenvalue weighted by molar-refractivity contribution is 0.234. The quantitative estimate of drug-likeness (QED) is 0.0412. The number of nitrogens with one attached hydrogen (secondary N) is 2. The number of ether oxygens (including phenoxy) is 6. The van der Waals surface area contributed by atoms with Crippen LogP contribution in [0.5, 0.6) is 34.5 Å². The first-order chi connectivity index (χ1) is 63.9. The number of benzene rings is 3.